The van der Waals surface area contributed by atoms with Gasteiger partial charge in [0.05, 0.1) is 0 Å². The second-order valence-electron chi connectivity index (χ2n) is 4.07. The van der Waals surface area contributed by atoms with Crippen LogP contribution in [0.2, 0.25) is 0 Å². The van der Waals surface area contributed by atoms with E-state index in [4.69, 9.17) is 5.73 Å². The summed E-state index contributed by atoms with van der Waals surface area (Å²) >= 11 is 0. The van der Waals surface area contributed by atoms with Crippen molar-refractivity contribution in [3.05, 3.63) is 35.9 Å². The first-order chi connectivity index (χ1) is 8.25. The van der Waals surface area contributed by atoms with Crippen molar-refractivity contribution in [3.8, 4) is 0 Å². The van der Waals surface area contributed by atoms with Crippen LogP contribution in [0.3, 0.4) is 0 Å². The van der Waals surface area contributed by atoms with Crippen LogP contribution in [-0.2, 0) is 4.79 Å². The predicted molar refractivity (Wildman–Crippen MR) is 69.8 cm³/mol. The summed E-state index contributed by atoms with van der Waals surface area (Å²) < 4.78 is 0. The van der Waals surface area contributed by atoms with Crippen molar-refractivity contribution in [3.63, 3.8) is 0 Å². The Bertz CT molecular complexity index is 422. The molecule has 1 heterocycles. The van der Waals surface area contributed by atoms with E-state index in [9.17, 15) is 4.79 Å². The van der Waals surface area contributed by atoms with Gasteiger partial charge in [-0.05, 0) is 23.8 Å². The van der Waals surface area contributed by atoms with Crippen molar-refractivity contribution in [2.45, 2.75) is 0 Å². The fraction of sp³-hybridized carbons (Fsp3) is 0.308. The highest BCUT2D eigenvalue weighted by molar-refractivity contribution is 5.90. The molecular formula is C13H17N3O. The maximum atomic E-state index is 10.7. The lowest BCUT2D eigenvalue weighted by Gasteiger charge is -2.29. The number of nitrogens with one attached hydrogen (secondary N) is 1. The normalized spacial score (nSPS) is 16.4. The van der Waals surface area contributed by atoms with Gasteiger partial charge in [0.15, 0.2) is 0 Å². The van der Waals surface area contributed by atoms with E-state index in [0.717, 1.165) is 31.7 Å². The highest BCUT2D eigenvalue weighted by Gasteiger charge is 2.09. The van der Waals surface area contributed by atoms with Crippen LogP contribution in [0.15, 0.2) is 30.3 Å². The van der Waals surface area contributed by atoms with Gasteiger partial charge in [-0.3, -0.25) is 4.79 Å². The first-order valence-corrected chi connectivity index (χ1v) is 5.79. The predicted octanol–water partition coefficient (Wildman–Crippen LogP) is 0.595. The summed E-state index contributed by atoms with van der Waals surface area (Å²) in [5.74, 6) is -0.419. The van der Waals surface area contributed by atoms with Gasteiger partial charge in [-0.2, -0.15) is 0 Å². The number of benzene rings is 1. The second kappa shape index (κ2) is 5.50. The molecule has 0 aliphatic carbocycles. The molecule has 0 unspecified atom stereocenters. The van der Waals surface area contributed by atoms with E-state index >= 15 is 0 Å². The van der Waals surface area contributed by atoms with E-state index in [0.29, 0.717) is 0 Å². The maximum absolute atomic E-state index is 10.7. The highest BCUT2D eigenvalue weighted by Crippen LogP contribution is 2.17. The minimum absolute atomic E-state index is 0.419. The number of nitrogens with two attached hydrogens (primary N) is 1. The van der Waals surface area contributed by atoms with Crippen LogP contribution in [0.4, 0.5) is 5.69 Å². The van der Waals surface area contributed by atoms with Gasteiger partial charge in [0.2, 0.25) is 5.91 Å². The molecule has 2 rings (SSSR count). The average molecular weight is 231 g/mol. The molecule has 1 saturated heterocycles. The molecule has 1 aliphatic heterocycles. The Hall–Kier alpha value is -1.81. The lowest BCUT2D eigenvalue weighted by molar-refractivity contribution is -0.113. The summed E-state index contributed by atoms with van der Waals surface area (Å²) in [5.41, 5.74) is 7.27. The van der Waals surface area contributed by atoms with E-state index in [1.165, 1.54) is 11.8 Å². The van der Waals surface area contributed by atoms with E-state index in [1.807, 2.05) is 12.1 Å². The smallest absolute Gasteiger partial charge is 0.241 e. The number of amides is 1. The lowest BCUT2D eigenvalue weighted by atomic mass is 10.1. The molecule has 4 heteroatoms. The molecule has 0 bridgehead atoms. The van der Waals surface area contributed by atoms with Crippen molar-refractivity contribution in [2.75, 3.05) is 31.1 Å². The van der Waals surface area contributed by atoms with Crippen molar-refractivity contribution >= 4 is 17.7 Å². The molecule has 1 aromatic carbocycles. The summed E-state index contributed by atoms with van der Waals surface area (Å²) in [6.07, 6.45) is 3.13. The minimum Gasteiger partial charge on any atom is -0.369 e. The number of anilines is 1. The Morgan fingerprint density at radius 1 is 1.35 bits per heavy atom. The number of nitrogens with zero attached hydrogens (tertiary/aromatic N) is 1. The van der Waals surface area contributed by atoms with Crippen LogP contribution >= 0.6 is 0 Å². The van der Waals surface area contributed by atoms with Crippen molar-refractivity contribution < 1.29 is 4.79 Å². The second-order valence-corrected chi connectivity index (χ2v) is 4.07. The first-order valence-electron chi connectivity index (χ1n) is 5.79. The summed E-state index contributed by atoms with van der Waals surface area (Å²) in [6.45, 7) is 4.06. The summed E-state index contributed by atoms with van der Waals surface area (Å²) in [4.78, 5) is 13.0. The third-order valence-electron chi connectivity index (χ3n) is 2.79. The molecule has 1 aliphatic rings. The molecule has 90 valence electrons. The van der Waals surface area contributed by atoms with Gasteiger partial charge < -0.3 is 16.0 Å². The van der Waals surface area contributed by atoms with Crippen LogP contribution in [0.25, 0.3) is 6.08 Å². The zero-order valence-electron chi connectivity index (χ0n) is 9.73. The van der Waals surface area contributed by atoms with Crippen molar-refractivity contribution in [2.24, 2.45) is 5.73 Å². The van der Waals surface area contributed by atoms with Crippen molar-refractivity contribution in [1.82, 2.24) is 5.32 Å². The summed E-state index contributed by atoms with van der Waals surface area (Å²) in [6, 6.07) is 8.13. The number of hydrogen-bond acceptors (Lipinski definition) is 3. The average Bonchev–Trinajstić information content (AvgIpc) is 2.38. The topological polar surface area (TPSA) is 58.4 Å². The Kier molecular flexibility index (Phi) is 3.77. The summed E-state index contributed by atoms with van der Waals surface area (Å²) in [5, 5.41) is 3.32. The fourth-order valence-electron chi connectivity index (χ4n) is 1.93. The van der Waals surface area contributed by atoms with Gasteiger partial charge in [0, 0.05) is 37.9 Å². The van der Waals surface area contributed by atoms with Crippen LogP contribution in [-0.4, -0.2) is 32.1 Å². The van der Waals surface area contributed by atoms with Gasteiger partial charge in [-0.15, -0.1) is 0 Å². The van der Waals surface area contributed by atoms with E-state index < -0.39 is 5.91 Å². The van der Waals surface area contributed by atoms with Crippen LogP contribution in [0.5, 0.6) is 0 Å². The Morgan fingerprint density at radius 3 is 2.82 bits per heavy atom. The molecular weight excluding hydrogens is 214 g/mol. The van der Waals surface area contributed by atoms with Crippen LogP contribution < -0.4 is 16.0 Å². The van der Waals surface area contributed by atoms with Gasteiger partial charge in [-0.25, -0.2) is 0 Å². The highest BCUT2D eigenvalue weighted by atomic mass is 16.1. The van der Waals surface area contributed by atoms with E-state index in [2.05, 4.69) is 22.3 Å². The molecule has 4 nitrogen and oxygen atoms in total. The number of piperazine rings is 1. The molecule has 0 radical (unpaired) electrons. The molecule has 17 heavy (non-hydrogen) atoms. The molecule has 0 aromatic heterocycles. The minimum atomic E-state index is -0.419. The molecule has 1 aromatic rings. The van der Waals surface area contributed by atoms with Gasteiger partial charge >= 0.3 is 0 Å². The lowest BCUT2D eigenvalue weighted by Crippen LogP contribution is -2.43. The molecule has 3 N–H and O–H groups in total. The number of primary amides is 1. The van der Waals surface area contributed by atoms with E-state index in [1.54, 1.807) is 6.08 Å². The van der Waals surface area contributed by atoms with Gasteiger partial charge in [-0.1, -0.05) is 12.1 Å². The zero-order valence-corrected chi connectivity index (χ0v) is 9.73. The maximum Gasteiger partial charge on any atom is 0.241 e. The van der Waals surface area contributed by atoms with E-state index in [-0.39, 0.29) is 0 Å². The van der Waals surface area contributed by atoms with Crippen molar-refractivity contribution in [1.29, 1.82) is 0 Å². The first kappa shape index (κ1) is 11.7. The monoisotopic (exact) mass is 231 g/mol. The van der Waals surface area contributed by atoms with Crippen LogP contribution in [0.1, 0.15) is 5.56 Å². The number of rotatable bonds is 3. The Balaban J connectivity index is 2.12. The molecule has 0 spiro atoms. The third-order valence-corrected chi connectivity index (χ3v) is 2.79. The van der Waals surface area contributed by atoms with Gasteiger partial charge in [0.1, 0.15) is 0 Å². The number of carbonyl (C=O) groups is 1. The number of hydrogen-bond donors (Lipinski definition) is 2. The standard InChI is InChI=1S/C13H17N3O/c14-13(17)5-4-11-2-1-3-12(10-11)16-8-6-15-7-9-16/h1-5,10,15H,6-9H2,(H2,14,17)/b5-4-. The number of carbonyl (C=O) groups excluding carboxylic acids is 1. The zero-order chi connectivity index (χ0) is 12.1. The molecule has 0 saturated carbocycles. The fourth-order valence-corrected chi connectivity index (χ4v) is 1.93. The van der Waals surface area contributed by atoms with Crippen LogP contribution in [0, 0.1) is 0 Å². The Labute approximate surface area is 101 Å². The molecule has 1 amide bonds. The quantitative estimate of drug-likeness (QED) is 0.749. The third kappa shape index (κ3) is 3.32. The summed E-state index contributed by atoms with van der Waals surface area (Å²) in [7, 11) is 0. The molecule has 1 fully saturated rings. The van der Waals surface area contributed by atoms with Gasteiger partial charge in [0.25, 0.3) is 0 Å². The largest absolute Gasteiger partial charge is 0.369 e. The molecule has 0 atom stereocenters. The SMILES string of the molecule is NC(=O)/C=C\c1cccc(N2CCNCC2)c1. The Morgan fingerprint density at radius 2 is 2.12 bits per heavy atom.